The van der Waals surface area contributed by atoms with E-state index in [1.807, 2.05) is 24.3 Å². The summed E-state index contributed by atoms with van der Waals surface area (Å²) in [5, 5.41) is 7.69. The summed E-state index contributed by atoms with van der Waals surface area (Å²) in [5.41, 5.74) is 1.000. The van der Waals surface area contributed by atoms with Crippen LogP contribution in [0.3, 0.4) is 0 Å². The van der Waals surface area contributed by atoms with Gasteiger partial charge in [-0.25, -0.2) is 0 Å². The molecule has 2 atom stereocenters. The van der Waals surface area contributed by atoms with Crippen LogP contribution in [-0.4, -0.2) is 41.3 Å². The predicted molar refractivity (Wildman–Crippen MR) is 142 cm³/mol. The minimum absolute atomic E-state index is 0.495. The Balaban J connectivity index is 1.53. The van der Waals surface area contributed by atoms with E-state index in [9.17, 15) is 0 Å². The molecule has 0 radical (unpaired) electrons. The molecular formula is C25H35ClN6S. The number of piperidine rings is 1. The molecule has 2 fully saturated rings. The van der Waals surface area contributed by atoms with Crippen molar-refractivity contribution in [2.24, 2.45) is 11.8 Å². The first-order chi connectivity index (χ1) is 16.0. The molecule has 1 aromatic heterocycles. The number of nitrogens with one attached hydrogen (secondary N) is 2. The van der Waals surface area contributed by atoms with Crippen molar-refractivity contribution in [2.45, 2.75) is 52.5 Å². The van der Waals surface area contributed by atoms with E-state index in [0.717, 1.165) is 48.4 Å². The van der Waals surface area contributed by atoms with Crippen molar-refractivity contribution in [1.29, 1.82) is 0 Å². The van der Waals surface area contributed by atoms with Gasteiger partial charge in [-0.15, -0.1) is 0 Å². The Kier molecular flexibility index (Phi) is 8.25. The van der Waals surface area contributed by atoms with Crippen molar-refractivity contribution >= 4 is 46.5 Å². The van der Waals surface area contributed by atoms with Gasteiger partial charge in [-0.3, -0.25) is 0 Å². The molecule has 2 aliphatic heterocycles. The molecule has 0 aliphatic carbocycles. The standard InChI is InChI=1S/C25H35ClN6S/c1-18-13-19(2)17-32(16-18)23-14-22(31-11-7-3-4-8-12-31)28-24(29-23)30-25(33)27-15-20-9-5-6-10-21(20)26/h5-6,9-10,14,18-19H,3-4,7-8,11-13,15-17H2,1-2H3,(H2,27,28,29,30,33)/t18-,19-/m1/s1. The fourth-order valence-electron chi connectivity index (χ4n) is 4.91. The number of anilines is 3. The summed E-state index contributed by atoms with van der Waals surface area (Å²) < 4.78 is 0. The quantitative estimate of drug-likeness (QED) is 0.542. The van der Waals surface area contributed by atoms with Crippen LogP contribution in [0.5, 0.6) is 0 Å². The van der Waals surface area contributed by atoms with Crippen molar-refractivity contribution < 1.29 is 0 Å². The zero-order valence-corrected chi connectivity index (χ0v) is 21.3. The van der Waals surface area contributed by atoms with Gasteiger partial charge >= 0.3 is 0 Å². The minimum atomic E-state index is 0.495. The van der Waals surface area contributed by atoms with Gasteiger partial charge < -0.3 is 20.4 Å². The van der Waals surface area contributed by atoms with E-state index >= 15 is 0 Å². The first-order valence-electron chi connectivity index (χ1n) is 12.1. The fraction of sp³-hybridized carbons (Fsp3) is 0.560. The molecule has 33 heavy (non-hydrogen) atoms. The molecule has 4 rings (SSSR count). The average Bonchev–Trinajstić information content (AvgIpc) is 3.07. The van der Waals surface area contributed by atoms with Gasteiger partial charge in [0, 0.05) is 43.8 Å². The van der Waals surface area contributed by atoms with Gasteiger partial charge in [0.2, 0.25) is 5.95 Å². The minimum Gasteiger partial charge on any atom is -0.358 e. The van der Waals surface area contributed by atoms with Gasteiger partial charge in [0.15, 0.2) is 5.11 Å². The highest BCUT2D eigenvalue weighted by Crippen LogP contribution is 2.29. The van der Waals surface area contributed by atoms with Crippen molar-refractivity contribution in [2.75, 3.05) is 41.3 Å². The van der Waals surface area contributed by atoms with Crippen LogP contribution in [0.2, 0.25) is 5.02 Å². The van der Waals surface area contributed by atoms with Crippen LogP contribution in [0.1, 0.15) is 51.5 Å². The summed E-state index contributed by atoms with van der Waals surface area (Å²) in [6.45, 7) is 9.32. The fourth-order valence-corrected chi connectivity index (χ4v) is 5.28. The van der Waals surface area contributed by atoms with Crippen LogP contribution in [0, 0.1) is 11.8 Å². The Labute approximate surface area is 208 Å². The van der Waals surface area contributed by atoms with Gasteiger partial charge in [0.25, 0.3) is 0 Å². The topological polar surface area (TPSA) is 56.3 Å². The Hall–Kier alpha value is -2.12. The van der Waals surface area contributed by atoms with E-state index in [-0.39, 0.29) is 0 Å². The molecule has 0 bridgehead atoms. The number of rotatable bonds is 5. The average molecular weight is 487 g/mol. The third-order valence-electron chi connectivity index (χ3n) is 6.44. The molecule has 6 nitrogen and oxygen atoms in total. The van der Waals surface area contributed by atoms with Crippen LogP contribution in [0.15, 0.2) is 30.3 Å². The van der Waals surface area contributed by atoms with Crippen molar-refractivity contribution in [3.05, 3.63) is 40.9 Å². The predicted octanol–water partition coefficient (Wildman–Crippen LogP) is 5.48. The largest absolute Gasteiger partial charge is 0.358 e. The molecule has 2 aliphatic rings. The second-order valence-electron chi connectivity index (χ2n) is 9.56. The highest BCUT2D eigenvalue weighted by atomic mass is 35.5. The Morgan fingerprint density at radius 1 is 1.00 bits per heavy atom. The van der Waals surface area contributed by atoms with Gasteiger partial charge in [-0.1, -0.05) is 56.5 Å². The number of halogens is 1. The Morgan fingerprint density at radius 2 is 1.64 bits per heavy atom. The first kappa shape index (κ1) is 24.0. The monoisotopic (exact) mass is 486 g/mol. The number of nitrogens with zero attached hydrogens (tertiary/aromatic N) is 4. The maximum absolute atomic E-state index is 6.28. The second-order valence-corrected chi connectivity index (χ2v) is 10.4. The second kappa shape index (κ2) is 11.3. The lowest BCUT2D eigenvalue weighted by atomic mass is 9.92. The van der Waals surface area contributed by atoms with E-state index in [4.69, 9.17) is 33.8 Å². The lowest BCUT2D eigenvalue weighted by Crippen LogP contribution is -2.39. The SMILES string of the molecule is C[C@@H]1C[C@@H](C)CN(c2cc(N3CCCCCC3)nc(NC(=S)NCc3ccccc3Cl)n2)C1. The summed E-state index contributed by atoms with van der Waals surface area (Å²) in [4.78, 5) is 14.6. The Bertz CT molecular complexity index is 936. The highest BCUT2D eigenvalue weighted by molar-refractivity contribution is 7.80. The van der Waals surface area contributed by atoms with Gasteiger partial charge in [-0.2, -0.15) is 9.97 Å². The molecule has 0 saturated carbocycles. The molecule has 0 amide bonds. The Morgan fingerprint density at radius 3 is 2.30 bits per heavy atom. The van der Waals surface area contributed by atoms with Crippen LogP contribution < -0.4 is 20.4 Å². The molecule has 8 heteroatoms. The lowest BCUT2D eigenvalue weighted by Gasteiger charge is -2.36. The summed E-state index contributed by atoms with van der Waals surface area (Å²) in [5.74, 6) is 3.83. The molecule has 0 spiro atoms. The van der Waals surface area contributed by atoms with Crippen LogP contribution >= 0.6 is 23.8 Å². The third kappa shape index (κ3) is 6.70. The lowest BCUT2D eigenvalue weighted by molar-refractivity contribution is 0.355. The number of hydrogen-bond donors (Lipinski definition) is 2. The molecule has 0 unspecified atom stereocenters. The molecule has 2 aromatic rings. The first-order valence-corrected chi connectivity index (χ1v) is 12.9. The summed E-state index contributed by atoms with van der Waals surface area (Å²) >= 11 is 11.8. The number of thiocarbonyl (C=S) groups is 1. The van der Waals surface area contributed by atoms with Crippen molar-refractivity contribution in [3.8, 4) is 0 Å². The van der Waals surface area contributed by atoms with Gasteiger partial charge in [-0.05, 0) is 54.9 Å². The molecule has 178 valence electrons. The normalized spacial score (nSPS) is 21.4. The zero-order chi connectivity index (χ0) is 23.2. The maximum Gasteiger partial charge on any atom is 0.232 e. The molecule has 3 heterocycles. The van der Waals surface area contributed by atoms with Crippen LogP contribution in [-0.2, 0) is 6.54 Å². The van der Waals surface area contributed by atoms with E-state index in [2.05, 4.69) is 40.3 Å². The van der Waals surface area contributed by atoms with Crippen LogP contribution in [0.25, 0.3) is 0 Å². The van der Waals surface area contributed by atoms with Crippen molar-refractivity contribution in [1.82, 2.24) is 15.3 Å². The summed E-state index contributed by atoms with van der Waals surface area (Å²) in [6, 6.07) is 9.94. The van der Waals surface area contributed by atoms with Gasteiger partial charge in [0.1, 0.15) is 11.6 Å². The maximum atomic E-state index is 6.28. The molecular weight excluding hydrogens is 452 g/mol. The van der Waals surface area contributed by atoms with Crippen molar-refractivity contribution in [3.63, 3.8) is 0 Å². The summed E-state index contributed by atoms with van der Waals surface area (Å²) in [7, 11) is 0. The van der Waals surface area contributed by atoms with Gasteiger partial charge in [0.05, 0.1) is 0 Å². The van der Waals surface area contributed by atoms with Crippen LogP contribution in [0.4, 0.5) is 17.6 Å². The summed E-state index contributed by atoms with van der Waals surface area (Å²) in [6.07, 6.45) is 6.25. The number of aromatic nitrogens is 2. The van der Waals surface area contributed by atoms with E-state index in [1.54, 1.807) is 0 Å². The van der Waals surface area contributed by atoms with E-state index < -0.39 is 0 Å². The van der Waals surface area contributed by atoms with E-state index in [0.29, 0.717) is 29.4 Å². The van der Waals surface area contributed by atoms with E-state index in [1.165, 1.54) is 32.1 Å². The molecule has 2 saturated heterocycles. The number of benzene rings is 1. The highest BCUT2D eigenvalue weighted by Gasteiger charge is 2.24. The molecule has 2 N–H and O–H groups in total. The smallest absolute Gasteiger partial charge is 0.232 e. The number of hydrogen-bond acceptors (Lipinski definition) is 5. The zero-order valence-electron chi connectivity index (χ0n) is 19.7. The molecule has 1 aromatic carbocycles. The third-order valence-corrected chi connectivity index (χ3v) is 7.06.